The van der Waals surface area contributed by atoms with Crippen LogP contribution in [-0.4, -0.2) is 11.0 Å². The third-order valence-electron chi connectivity index (χ3n) is 3.76. The van der Waals surface area contributed by atoms with Gasteiger partial charge < -0.3 is 10.6 Å². The number of amides is 1. The fourth-order valence-corrected chi connectivity index (χ4v) is 2.83. The maximum atomic E-state index is 12.0. The first-order chi connectivity index (χ1) is 13.6. The second-order valence-electron chi connectivity index (χ2n) is 5.87. The van der Waals surface area contributed by atoms with E-state index in [1.807, 2.05) is 72.8 Å². The Kier molecular flexibility index (Phi) is 6.78. The fraction of sp³-hybridized carbons (Fsp3) is 0. The van der Waals surface area contributed by atoms with Gasteiger partial charge >= 0.3 is 0 Å². The van der Waals surface area contributed by atoms with E-state index in [0.29, 0.717) is 5.02 Å². The van der Waals surface area contributed by atoms with E-state index in [2.05, 4.69) is 16.0 Å². The Hall–Kier alpha value is -3.15. The minimum atomic E-state index is -0.334. The Morgan fingerprint density at radius 1 is 0.821 bits per heavy atom. The van der Waals surface area contributed by atoms with Crippen molar-refractivity contribution in [3.63, 3.8) is 0 Å². The van der Waals surface area contributed by atoms with Crippen molar-refractivity contribution in [2.24, 2.45) is 0 Å². The first-order valence-corrected chi connectivity index (χ1v) is 9.35. The van der Waals surface area contributed by atoms with E-state index >= 15 is 0 Å². The summed E-state index contributed by atoms with van der Waals surface area (Å²) >= 11 is 11.2. The molecule has 1 amide bonds. The summed E-state index contributed by atoms with van der Waals surface area (Å²) in [6, 6.07) is 24.8. The van der Waals surface area contributed by atoms with Crippen LogP contribution in [0.3, 0.4) is 0 Å². The molecule has 0 aliphatic rings. The molecule has 6 heteroatoms. The van der Waals surface area contributed by atoms with Crippen molar-refractivity contribution in [1.29, 1.82) is 0 Å². The summed E-state index contributed by atoms with van der Waals surface area (Å²) in [4.78, 5) is 12.0. The molecule has 0 atom stereocenters. The number of nitrogens with one attached hydrogen (secondary N) is 3. The third kappa shape index (κ3) is 5.94. The highest BCUT2D eigenvalue weighted by Gasteiger charge is 2.03. The van der Waals surface area contributed by atoms with Gasteiger partial charge in [0.05, 0.1) is 0 Å². The van der Waals surface area contributed by atoms with E-state index in [-0.39, 0.29) is 11.0 Å². The summed E-state index contributed by atoms with van der Waals surface area (Å²) in [5, 5.41) is 9.70. The van der Waals surface area contributed by atoms with Crippen LogP contribution in [0.1, 0.15) is 5.56 Å². The smallest absolute Gasteiger partial charge is 0.250 e. The summed E-state index contributed by atoms with van der Waals surface area (Å²) in [5.41, 5.74) is 3.50. The van der Waals surface area contributed by atoms with Crippen molar-refractivity contribution >= 4 is 58.0 Å². The summed E-state index contributed by atoms with van der Waals surface area (Å²) < 4.78 is 0. The molecule has 0 saturated heterocycles. The molecule has 0 unspecified atom stereocenters. The number of rotatable bonds is 5. The number of halogens is 1. The zero-order valence-corrected chi connectivity index (χ0v) is 16.4. The molecule has 0 aliphatic heterocycles. The number of hydrogen-bond donors (Lipinski definition) is 3. The Morgan fingerprint density at radius 3 is 2.14 bits per heavy atom. The average molecular weight is 408 g/mol. The van der Waals surface area contributed by atoms with Crippen LogP contribution in [0.2, 0.25) is 5.02 Å². The Labute approximate surface area is 174 Å². The Morgan fingerprint density at radius 2 is 1.43 bits per heavy atom. The number of hydrogen-bond acceptors (Lipinski definition) is 3. The largest absolute Gasteiger partial charge is 0.356 e. The van der Waals surface area contributed by atoms with Gasteiger partial charge in [-0.25, -0.2) is 0 Å². The van der Waals surface area contributed by atoms with E-state index < -0.39 is 0 Å². The van der Waals surface area contributed by atoms with Crippen molar-refractivity contribution in [1.82, 2.24) is 5.32 Å². The predicted octanol–water partition coefficient (Wildman–Crippen LogP) is 5.61. The quantitative estimate of drug-likeness (QED) is 0.380. The molecule has 3 aromatic rings. The molecule has 0 saturated carbocycles. The number of benzene rings is 3. The standard InChI is InChI=1S/C22H18ClN3OS/c23-20-9-5-4-6-16(20)10-15-21(27)26-22(28)25-19-13-11-18(12-14-19)24-17-7-2-1-3-8-17/h1-15,24H,(H2,25,26,27,28)/b15-10+. The van der Waals surface area contributed by atoms with Crippen molar-refractivity contribution in [3.8, 4) is 0 Å². The normalized spacial score (nSPS) is 10.5. The topological polar surface area (TPSA) is 53.2 Å². The van der Waals surface area contributed by atoms with Crippen molar-refractivity contribution in [3.05, 3.63) is 95.5 Å². The van der Waals surface area contributed by atoms with Crippen LogP contribution in [0, 0.1) is 0 Å². The van der Waals surface area contributed by atoms with E-state index in [0.717, 1.165) is 22.6 Å². The number of carbonyl (C=O) groups is 1. The van der Waals surface area contributed by atoms with Crippen molar-refractivity contribution < 1.29 is 4.79 Å². The van der Waals surface area contributed by atoms with Crippen LogP contribution in [-0.2, 0) is 4.79 Å². The molecule has 0 heterocycles. The lowest BCUT2D eigenvalue weighted by atomic mass is 10.2. The third-order valence-corrected chi connectivity index (χ3v) is 4.31. The van der Waals surface area contributed by atoms with Gasteiger partial charge in [0.25, 0.3) is 0 Å². The molecule has 28 heavy (non-hydrogen) atoms. The molecule has 4 nitrogen and oxygen atoms in total. The molecule has 0 spiro atoms. The van der Waals surface area contributed by atoms with Crippen LogP contribution in [0.4, 0.5) is 17.1 Å². The van der Waals surface area contributed by atoms with Gasteiger partial charge in [0.1, 0.15) is 0 Å². The summed E-state index contributed by atoms with van der Waals surface area (Å²) in [6.45, 7) is 0. The van der Waals surface area contributed by atoms with E-state index in [1.54, 1.807) is 12.1 Å². The zero-order valence-electron chi connectivity index (χ0n) is 14.9. The van der Waals surface area contributed by atoms with Crippen LogP contribution in [0.25, 0.3) is 6.08 Å². The second kappa shape index (κ2) is 9.69. The maximum Gasteiger partial charge on any atom is 0.250 e. The van der Waals surface area contributed by atoms with E-state index in [4.69, 9.17) is 23.8 Å². The predicted molar refractivity (Wildman–Crippen MR) is 121 cm³/mol. The lowest BCUT2D eigenvalue weighted by Gasteiger charge is -2.10. The van der Waals surface area contributed by atoms with Crippen LogP contribution in [0.15, 0.2) is 84.9 Å². The molecule has 3 N–H and O–H groups in total. The highest BCUT2D eigenvalue weighted by Crippen LogP contribution is 2.19. The molecule has 3 rings (SSSR count). The molecule has 0 radical (unpaired) electrons. The minimum absolute atomic E-state index is 0.220. The maximum absolute atomic E-state index is 12.0. The monoisotopic (exact) mass is 407 g/mol. The van der Waals surface area contributed by atoms with Gasteiger partial charge in [0.2, 0.25) is 5.91 Å². The number of anilines is 3. The van der Waals surface area contributed by atoms with Crippen molar-refractivity contribution in [2.75, 3.05) is 10.6 Å². The van der Waals surface area contributed by atoms with Gasteiger partial charge in [-0.3, -0.25) is 10.1 Å². The fourth-order valence-electron chi connectivity index (χ4n) is 2.42. The summed E-state index contributed by atoms with van der Waals surface area (Å²) in [6.07, 6.45) is 3.03. The van der Waals surface area contributed by atoms with Crippen LogP contribution >= 0.6 is 23.8 Å². The highest BCUT2D eigenvalue weighted by molar-refractivity contribution is 7.80. The Balaban J connectivity index is 1.51. The van der Waals surface area contributed by atoms with Crippen molar-refractivity contribution in [2.45, 2.75) is 0 Å². The molecule has 0 fully saturated rings. The number of thiocarbonyl (C=S) groups is 1. The van der Waals surface area contributed by atoms with E-state index in [1.165, 1.54) is 6.08 Å². The molecular formula is C22H18ClN3OS. The summed E-state index contributed by atoms with van der Waals surface area (Å²) in [5.74, 6) is -0.334. The number of para-hydroxylation sites is 1. The zero-order chi connectivity index (χ0) is 19.8. The average Bonchev–Trinajstić information content (AvgIpc) is 2.69. The molecule has 0 aliphatic carbocycles. The first kappa shape index (κ1) is 19.6. The van der Waals surface area contributed by atoms with E-state index in [9.17, 15) is 4.79 Å². The molecule has 140 valence electrons. The van der Waals surface area contributed by atoms with Gasteiger partial charge in [0, 0.05) is 28.2 Å². The van der Waals surface area contributed by atoms with Crippen LogP contribution in [0.5, 0.6) is 0 Å². The highest BCUT2D eigenvalue weighted by atomic mass is 35.5. The molecule has 3 aromatic carbocycles. The molecule has 0 bridgehead atoms. The van der Waals surface area contributed by atoms with Crippen LogP contribution < -0.4 is 16.0 Å². The minimum Gasteiger partial charge on any atom is -0.356 e. The molecule has 0 aromatic heterocycles. The molecular weight excluding hydrogens is 390 g/mol. The van der Waals surface area contributed by atoms with Gasteiger partial charge in [0.15, 0.2) is 5.11 Å². The van der Waals surface area contributed by atoms with Gasteiger partial charge in [-0.15, -0.1) is 0 Å². The summed E-state index contributed by atoms with van der Waals surface area (Å²) in [7, 11) is 0. The van der Waals surface area contributed by atoms with Gasteiger partial charge in [-0.2, -0.15) is 0 Å². The lowest BCUT2D eigenvalue weighted by molar-refractivity contribution is -0.115. The van der Waals surface area contributed by atoms with Gasteiger partial charge in [-0.1, -0.05) is 48.0 Å². The Bertz CT molecular complexity index is 988. The number of carbonyl (C=O) groups excluding carboxylic acids is 1. The second-order valence-corrected chi connectivity index (χ2v) is 6.68. The first-order valence-electron chi connectivity index (χ1n) is 8.57. The van der Waals surface area contributed by atoms with Gasteiger partial charge in [-0.05, 0) is 66.3 Å². The lowest BCUT2D eigenvalue weighted by Crippen LogP contribution is -2.32. The SMILES string of the molecule is O=C(/C=C/c1ccccc1Cl)NC(=S)Nc1ccc(Nc2ccccc2)cc1.